The standard InChI is InChI=1S/C25H26FN4O8P/c1-5-25(33)12(4)37-10-15-16(25)7-20-22-14(9-30(20)23(15)31)21(27-11(2)3)13-6-19(17(26)8-18(13)28-22)29-24(32)38-39(34,35)36/h6-8,11,33H,4-5,9-10H2,1-3H3,(H,27,28)(H,29,32)(H2,34,35,36)/t25-/m1/s1. The van der Waals surface area contributed by atoms with Gasteiger partial charge in [-0.3, -0.25) is 19.9 Å². The number of aromatic nitrogens is 2. The van der Waals surface area contributed by atoms with Crippen molar-refractivity contribution >= 4 is 36.2 Å². The van der Waals surface area contributed by atoms with Gasteiger partial charge in [-0.2, -0.15) is 0 Å². The second-order valence-electron chi connectivity index (χ2n) is 9.70. The van der Waals surface area contributed by atoms with E-state index in [4.69, 9.17) is 14.5 Å². The highest BCUT2D eigenvalue weighted by molar-refractivity contribution is 7.46. The number of aliphatic hydroxyl groups is 1. The average Bonchev–Trinajstić information content (AvgIpc) is 3.20. The van der Waals surface area contributed by atoms with E-state index in [2.05, 4.69) is 21.4 Å². The summed E-state index contributed by atoms with van der Waals surface area (Å²) in [5.74, 6) is -0.782. The third-order valence-corrected chi connectivity index (χ3v) is 7.22. The summed E-state index contributed by atoms with van der Waals surface area (Å²) in [5, 5.41) is 17.0. The van der Waals surface area contributed by atoms with Crippen LogP contribution in [0, 0.1) is 5.82 Å². The average molecular weight is 560 g/mol. The summed E-state index contributed by atoms with van der Waals surface area (Å²) in [4.78, 5) is 47.8. The van der Waals surface area contributed by atoms with Gasteiger partial charge in [-0.25, -0.2) is 18.7 Å². The number of nitrogens with one attached hydrogen (secondary N) is 2. The number of anilines is 2. The number of amides is 1. The molecule has 0 saturated heterocycles. The van der Waals surface area contributed by atoms with E-state index in [-0.39, 0.29) is 48.1 Å². The maximum absolute atomic E-state index is 15.0. The lowest BCUT2D eigenvalue weighted by atomic mass is 9.84. The van der Waals surface area contributed by atoms with Crippen LogP contribution >= 0.6 is 7.82 Å². The number of nitrogens with zero attached hydrogens (tertiary/aromatic N) is 2. The normalized spacial score (nSPS) is 17.9. The number of halogens is 1. The number of hydrogen-bond acceptors (Lipinski definition) is 8. The number of benzene rings is 1. The molecule has 2 aromatic heterocycles. The lowest BCUT2D eigenvalue weighted by Gasteiger charge is -2.35. The van der Waals surface area contributed by atoms with Gasteiger partial charge in [0.1, 0.15) is 23.8 Å². The molecule has 3 aromatic rings. The molecule has 0 unspecified atom stereocenters. The van der Waals surface area contributed by atoms with Crippen LogP contribution in [-0.2, 0) is 32.6 Å². The van der Waals surface area contributed by atoms with E-state index < -0.39 is 25.3 Å². The minimum Gasteiger partial charge on any atom is -0.490 e. The molecule has 206 valence electrons. The highest BCUT2D eigenvalue weighted by atomic mass is 31.2. The van der Waals surface area contributed by atoms with Gasteiger partial charge < -0.3 is 24.3 Å². The zero-order valence-electron chi connectivity index (χ0n) is 21.2. The number of carbonyl (C=O) groups excluding carboxylic acids is 1. The van der Waals surface area contributed by atoms with Gasteiger partial charge in [0.05, 0.1) is 40.4 Å². The monoisotopic (exact) mass is 560 g/mol. The second kappa shape index (κ2) is 9.16. The van der Waals surface area contributed by atoms with Gasteiger partial charge in [-0.15, -0.1) is 0 Å². The molecule has 0 bridgehead atoms. The van der Waals surface area contributed by atoms with Crippen LogP contribution in [-0.4, -0.2) is 36.6 Å². The van der Waals surface area contributed by atoms with Gasteiger partial charge in [-0.05, 0) is 32.4 Å². The molecule has 5 rings (SSSR count). The summed E-state index contributed by atoms with van der Waals surface area (Å²) in [7, 11) is -5.15. The molecule has 1 aromatic carbocycles. The molecule has 12 nitrogen and oxygen atoms in total. The summed E-state index contributed by atoms with van der Waals surface area (Å²) >= 11 is 0. The number of phosphoric acid groups is 1. The van der Waals surface area contributed by atoms with E-state index in [0.717, 1.165) is 6.07 Å². The Balaban J connectivity index is 1.71. The molecular weight excluding hydrogens is 534 g/mol. The van der Waals surface area contributed by atoms with Crippen molar-refractivity contribution in [2.24, 2.45) is 0 Å². The van der Waals surface area contributed by atoms with Gasteiger partial charge in [0, 0.05) is 28.6 Å². The predicted octanol–water partition coefficient (Wildman–Crippen LogP) is 3.67. The van der Waals surface area contributed by atoms with Crippen LogP contribution in [0.1, 0.15) is 43.9 Å². The first-order valence-corrected chi connectivity index (χ1v) is 13.6. The number of rotatable bonds is 5. The Morgan fingerprint density at radius 1 is 1.33 bits per heavy atom. The van der Waals surface area contributed by atoms with E-state index in [9.17, 15) is 23.7 Å². The van der Waals surface area contributed by atoms with Crippen molar-refractivity contribution in [2.45, 2.75) is 52.0 Å². The Bertz CT molecular complexity index is 1680. The molecule has 0 radical (unpaired) electrons. The third-order valence-electron chi connectivity index (χ3n) is 6.81. The summed E-state index contributed by atoms with van der Waals surface area (Å²) in [5.41, 5.74) is 0.616. The van der Waals surface area contributed by atoms with Gasteiger partial charge >= 0.3 is 13.9 Å². The Labute approximate surface area is 221 Å². The van der Waals surface area contributed by atoms with Crippen molar-refractivity contribution in [3.05, 3.63) is 63.4 Å². The van der Waals surface area contributed by atoms with Crippen molar-refractivity contribution in [1.29, 1.82) is 0 Å². The van der Waals surface area contributed by atoms with Crippen LogP contribution in [0.5, 0.6) is 0 Å². The zero-order valence-corrected chi connectivity index (χ0v) is 22.1. The Kier molecular flexibility index (Phi) is 6.30. The van der Waals surface area contributed by atoms with Gasteiger partial charge in [0.2, 0.25) is 0 Å². The van der Waals surface area contributed by atoms with E-state index in [1.165, 1.54) is 10.6 Å². The number of ether oxygens (including phenoxy) is 1. The molecule has 14 heteroatoms. The van der Waals surface area contributed by atoms with E-state index >= 15 is 0 Å². The minimum atomic E-state index is -5.15. The summed E-state index contributed by atoms with van der Waals surface area (Å²) < 4.78 is 37.0. The molecular formula is C25H26FN4O8P. The Morgan fingerprint density at radius 3 is 2.69 bits per heavy atom. The molecule has 0 saturated carbocycles. The number of phosphoric ester groups is 1. The van der Waals surface area contributed by atoms with Crippen LogP contribution < -0.4 is 16.2 Å². The fraction of sp³-hybridized carbons (Fsp3) is 0.320. The first kappa shape index (κ1) is 26.8. The Morgan fingerprint density at radius 2 is 2.05 bits per heavy atom. The molecule has 0 spiro atoms. The zero-order chi connectivity index (χ0) is 28.4. The smallest absolute Gasteiger partial charge is 0.490 e. The van der Waals surface area contributed by atoms with Crippen LogP contribution in [0.4, 0.5) is 20.6 Å². The summed E-state index contributed by atoms with van der Waals surface area (Å²) in [6.07, 6.45) is -1.31. The fourth-order valence-corrected chi connectivity index (χ4v) is 5.27. The molecule has 0 fully saturated rings. The highest BCUT2D eigenvalue weighted by Gasteiger charge is 2.41. The van der Waals surface area contributed by atoms with Crippen molar-refractivity contribution in [3.8, 4) is 11.4 Å². The van der Waals surface area contributed by atoms with Crippen LogP contribution in [0.25, 0.3) is 22.3 Å². The molecule has 0 aliphatic carbocycles. The summed E-state index contributed by atoms with van der Waals surface area (Å²) in [6.45, 7) is 9.43. The molecule has 2 aliphatic rings. The van der Waals surface area contributed by atoms with Crippen molar-refractivity contribution in [1.82, 2.24) is 9.55 Å². The first-order valence-electron chi connectivity index (χ1n) is 12.0. The van der Waals surface area contributed by atoms with Crippen molar-refractivity contribution < 1.29 is 37.9 Å². The number of pyridine rings is 2. The maximum atomic E-state index is 15.0. The fourth-order valence-electron chi connectivity index (χ4n) is 5.01. The van der Waals surface area contributed by atoms with Gasteiger partial charge in [-0.1, -0.05) is 13.5 Å². The van der Waals surface area contributed by atoms with Gasteiger partial charge in [0.25, 0.3) is 5.56 Å². The van der Waals surface area contributed by atoms with Crippen LogP contribution in [0.3, 0.4) is 0 Å². The summed E-state index contributed by atoms with van der Waals surface area (Å²) in [6, 6.07) is 3.93. The number of carbonyl (C=O) groups is 1. The van der Waals surface area contributed by atoms with Crippen LogP contribution in [0.15, 0.2) is 35.3 Å². The Hall–Kier alpha value is -3.77. The van der Waals surface area contributed by atoms with E-state index in [0.29, 0.717) is 39.2 Å². The SMILES string of the molecule is C=C1OCc2c(cc3n(c2=O)Cc2c-3nc3cc(F)c(NC(=O)OP(=O)(O)O)cc3c2NC(C)C)[C@@]1(O)CC. The molecule has 1 atom stereocenters. The van der Waals surface area contributed by atoms with E-state index in [1.54, 1.807) is 13.0 Å². The predicted molar refractivity (Wildman–Crippen MR) is 140 cm³/mol. The highest BCUT2D eigenvalue weighted by Crippen LogP contribution is 2.44. The van der Waals surface area contributed by atoms with Gasteiger partial charge in [0.15, 0.2) is 0 Å². The molecule has 5 N–H and O–H groups in total. The topological polar surface area (TPSA) is 172 Å². The lowest BCUT2D eigenvalue weighted by Crippen LogP contribution is -2.38. The third kappa shape index (κ3) is 4.47. The minimum absolute atomic E-state index is 0.0383. The maximum Gasteiger partial charge on any atom is 0.528 e. The number of fused-ring (bicyclic) bond motifs is 5. The van der Waals surface area contributed by atoms with Crippen molar-refractivity contribution in [2.75, 3.05) is 10.6 Å². The van der Waals surface area contributed by atoms with Crippen molar-refractivity contribution in [3.63, 3.8) is 0 Å². The quantitative estimate of drug-likeness (QED) is 0.227. The largest absolute Gasteiger partial charge is 0.528 e. The molecule has 4 heterocycles. The number of hydrogen-bond donors (Lipinski definition) is 5. The second-order valence-corrected chi connectivity index (χ2v) is 10.9. The molecule has 2 aliphatic heterocycles. The molecule has 1 amide bonds. The lowest BCUT2D eigenvalue weighted by molar-refractivity contribution is -0.0172. The van der Waals surface area contributed by atoms with Crippen LogP contribution in [0.2, 0.25) is 0 Å². The molecule has 39 heavy (non-hydrogen) atoms. The first-order chi connectivity index (χ1) is 18.2. The van der Waals surface area contributed by atoms with E-state index in [1.807, 2.05) is 19.2 Å².